The van der Waals surface area contributed by atoms with Crippen LogP contribution >= 0.6 is 0 Å². The molecule has 218 valence electrons. The first-order valence-electron chi connectivity index (χ1n) is 13.6. The molecule has 0 aliphatic carbocycles. The molecule has 2 fully saturated rings. The number of aliphatic hydroxyl groups excluding tert-OH is 5. The fraction of sp³-hybridized carbons (Fsp3) is 0.387. The van der Waals surface area contributed by atoms with E-state index in [4.69, 9.17) is 4.74 Å². The monoisotopic (exact) mass is 569 g/mol. The Labute approximate surface area is 236 Å². The molecular weight excluding hydrogens is 536 g/mol. The van der Waals surface area contributed by atoms with Gasteiger partial charge in [-0.15, -0.1) is 0 Å². The molecular formula is C31H33F2NO7. The third-order valence-corrected chi connectivity index (χ3v) is 8.07. The summed E-state index contributed by atoms with van der Waals surface area (Å²) in [7, 11) is 0. The standard InChI is InChI=1S/C31H33F2NO7/c32-20-7-3-18(4-8-20)24(36)14-13-23-27(19-5-9-21(33)10-6-19)34(31(23)40)22-11-1-17(2-12-22)15-25-28(37)30(39)29(38)26(16-35)41-25/h1-12,23-30,35-39H,13-16H2. The van der Waals surface area contributed by atoms with E-state index in [0.29, 0.717) is 17.7 Å². The molecule has 5 rings (SSSR count). The highest BCUT2D eigenvalue weighted by Gasteiger charge is 2.48. The number of nitrogens with zero attached hydrogens (tertiary/aromatic N) is 1. The average Bonchev–Trinajstić information content (AvgIpc) is 2.98. The van der Waals surface area contributed by atoms with Gasteiger partial charge in [0, 0.05) is 12.1 Å². The molecule has 2 aliphatic rings. The smallest absolute Gasteiger partial charge is 0.233 e. The lowest BCUT2D eigenvalue weighted by atomic mass is 9.78. The minimum atomic E-state index is -1.46. The van der Waals surface area contributed by atoms with Crippen molar-refractivity contribution >= 4 is 11.6 Å². The highest BCUT2D eigenvalue weighted by atomic mass is 19.1. The van der Waals surface area contributed by atoms with Crippen molar-refractivity contribution in [1.82, 2.24) is 0 Å². The van der Waals surface area contributed by atoms with Crippen LogP contribution in [-0.4, -0.2) is 68.6 Å². The number of carbonyl (C=O) groups excluding carboxylic acids is 1. The predicted octanol–water partition coefficient (Wildman–Crippen LogP) is 2.57. The van der Waals surface area contributed by atoms with E-state index in [0.717, 1.165) is 11.1 Å². The molecule has 0 bridgehead atoms. The zero-order chi connectivity index (χ0) is 29.3. The van der Waals surface area contributed by atoms with Crippen LogP contribution in [0.25, 0.3) is 0 Å². The third kappa shape index (κ3) is 6.04. The van der Waals surface area contributed by atoms with Crippen molar-refractivity contribution in [2.24, 2.45) is 5.92 Å². The molecule has 0 aromatic heterocycles. The van der Waals surface area contributed by atoms with Crippen molar-refractivity contribution in [2.75, 3.05) is 11.5 Å². The van der Waals surface area contributed by atoms with Crippen molar-refractivity contribution < 1.29 is 43.8 Å². The number of amides is 1. The second-order valence-corrected chi connectivity index (χ2v) is 10.7. The topological polar surface area (TPSA) is 131 Å². The number of halogens is 2. The Balaban J connectivity index is 1.31. The summed E-state index contributed by atoms with van der Waals surface area (Å²) in [6.45, 7) is -0.510. The Morgan fingerprint density at radius 3 is 2.00 bits per heavy atom. The molecule has 0 spiro atoms. The lowest BCUT2D eigenvalue weighted by Crippen LogP contribution is -2.59. The van der Waals surface area contributed by atoms with Gasteiger partial charge < -0.3 is 35.2 Å². The number of β-lactam (4-membered cyclic amide) rings is 1. The van der Waals surface area contributed by atoms with E-state index in [1.54, 1.807) is 41.3 Å². The number of aliphatic hydroxyl groups is 5. The average molecular weight is 570 g/mol. The number of hydrogen-bond acceptors (Lipinski definition) is 7. The summed E-state index contributed by atoms with van der Waals surface area (Å²) in [4.78, 5) is 15.0. The lowest BCUT2D eigenvalue weighted by Gasteiger charge is -2.48. The summed E-state index contributed by atoms with van der Waals surface area (Å²) < 4.78 is 32.5. The van der Waals surface area contributed by atoms with Crippen molar-refractivity contribution in [3.63, 3.8) is 0 Å². The molecule has 10 heteroatoms. The first kappa shape index (κ1) is 29.2. The molecule has 8 unspecified atom stereocenters. The first-order valence-corrected chi connectivity index (χ1v) is 13.6. The van der Waals surface area contributed by atoms with Gasteiger partial charge in [0.2, 0.25) is 5.91 Å². The normalized spacial score (nSPS) is 28.8. The van der Waals surface area contributed by atoms with E-state index in [1.807, 2.05) is 0 Å². The SMILES string of the molecule is O=C1C(CCC(O)c2ccc(F)cc2)C(c2ccc(F)cc2)N1c1ccc(CC2OC(CO)C(O)C(O)C2O)cc1. The van der Waals surface area contributed by atoms with E-state index in [1.165, 1.54) is 36.4 Å². The zero-order valence-electron chi connectivity index (χ0n) is 22.1. The number of carbonyl (C=O) groups is 1. The van der Waals surface area contributed by atoms with Crippen LogP contribution in [0.2, 0.25) is 0 Å². The zero-order valence-corrected chi connectivity index (χ0v) is 22.1. The lowest BCUT2D eigenvalue weighted by molar-refractivity contribution is -0.228. The van der Waals surface area contributed by atoms with Gasteiger partial charge in [-0.3, -0.25) is 4.79 Å². The molecule has 2 heterocycles. The number of rotatable bonds is 9. The van der Waals surface area contributed by atoms with Crippen LogP contribution in [0.5, 0.6) is 0 Å². The van der Waals surface area contributed by atoms with Crippen LogP contribution in [0.3, 0.4) is 0 Å². The molecule has 8 atom stereocenters. The molecule has 41 heavy (non-hydrogen) atoms. The van der Waals surface area contributed by atoms with Gasteiger partial charge in [0.15, 0.2) is 0 Å². The fourth-order valence-electron chi connectivity index (χ4n) is 5.72. The molecule has 5 N–H and O–H groups in total. The van der Waals surface area contributed by atoms with Gasteiger partial charge in [-0.25, -0.2) is 8.78 Å². The van der Waals surface area contributed by atoms with E-state index >= 15 is 0 Å². The maximum absolute atomic E-state index is 13.7. The number of benzene rings is 3. The van der Waals surface area contributed by atoms with Gasteiger partial charge in [0.1, 0.15) is 36.1 Å². The minimum Gasteiger partial charge on any atom is -0.394 e. The van der Waals surface area contributed by atoms with Crippen LogP contribution in [0.4, 0.5) is 14.5 Å². The van der Waals surface area contributed by atoms with Crippen molar-refractivity contribution in [3.8, 4) is 0 Å². The molecule has 3 aromatic rings. The number of ether oxygens (including phenoxy) is 1. The molecule has 2 saturated heterocycles. The van der Waals surface area contributed by atoms with Gasteiger partial charge in [0.25, 0.3) is 0 Å². The third-order valence-electron chi connectivity index (χ3n) is 8.07. The highest BCUT2D eigenvalue weighted by Crippen LogP contribution is 2.46. The van der Waals surface area contributed by atoms with Gasteiger partial charge in [-0.2, -0.15) is 0 Å². The van der Waals surface area contributed by atoms with Crippen LogP contribution in [-0.2, 0) is 16.0 Å². The summed E-state index contributed by atoms with van der Waals surface area (Å²) >= 11 is 0. The maximum atomic E-state index is 13.7. The highest BCUT2D eigenvalue weighted by molar-refractivity contribution is 6.03. The van der Waals surface area contributed by atoms with E-state index in [2.05, 4.69) is 0 Å². The van der Waals surface area contributed by atoms with E-state index in [-0.39, 0.29) is 24.8 Å². The number of hydrogen-bond donors (Lipinski definition) is 5. The summed E-state index contributed by atoms with van der Waals surface area (Å²) in [5, 5.41) is 50.5. The van der Waals surface area contributed by atoms with Crippen LogP contribution < -0.4 is 4.90 Å². The fourth-order valence-corrected chi connectivity index (χ4v) is 5.72. The Hall–Kier alpha value is -3.25. The quantitative estimate of drug-likeness (QED) is 0.251. The summed E-state index contributed by atoms with van der Waals surface area (Å²) in [5.74, 6) is -1.40. The van der Waals surface area contributed by atoms with Gasteiger partial charge >= 0.3 is 0 Å². The van der Waals surface area contributed by atoms with Crippen molar-refractivity contribution in [1.29, 1.82) is 0 Å². The molecule has 1 amide bonds. The van der Waals surface area contributed by atoms with Crippen LogP contribution in [0.1, 0.15) is 41.7 Å². The second kappa shape index (κ2) is 12.3. The molecule has 0 radical (unpaired) electrons. The summed E-state index contributed by atoms with van der Waals surface area (Å²) in [6, 6.07) is 18.1. The first-order chi connectivity index (χ1) is 19.7. The largest absolute Gasteiger partial charge is 0.394 e. The van der Waals surface area contributed by atoms with Crippen molar-refractivity contribution in [2.45, 2.75) is 61.9 Å². The Kier molecular flexibility index (Phi) is 8.79. The Morgan fingerprint density at radius 2 is 1.39 bits per heavy atom. The van der Waals surface area contributed by atoms with Gasteiger partial charge in [0.05, 0.1) is 30.8 Å². The molecule has 8 nitrogen and oxygen atoms in total. The molecule has 3 aromatic carbocycles. The second-order valence-electron chi connectivity index (χ2n) is 10.7. The van der Waals surface area contributed by atoms with Crippen LogP contribution in [0, 0.1) is 17.6 Å². The van der Waals surface area contributed by atoms with Crippen molar-refractivity contribution in [3.05, 3.63) is 101 Å². The molecule has 2 aliphatic heterocycles. The van der Waals surface area contributed by atoms with E-state index in [9.17, 15) is 39.1 Å². The minimum absolute atomic E-state index is 0.146. The number of anilines is 1. The van der Waals surface area contributed by atoms with Gasteiger partial charge in [-0.05, 0) is 65.9 Å². The molecule has 0 saturated carbocycles. The van der Waals surface area contributed by atoms with E-state index < -0.39 is 60.8 Å². The van der Waals surface area contributed by atoms with Crippen LogP contribution in [0.15, 0.2) is 72.8 Å². The Morgan fingerprint density at radius 1 is 0.805 bits per heavy atom. The summed E-state index contributed by atoms with van der Waals surface area (Å²) in [5.41, 5.74) is 2.65. The predicted molar refractivity (Wildman–Crippen MR) is 145 cm³/mol. The van der Waals surface area contributed by atoms with Gasteiger partial charge in [-0.1, -0.05) is 36.4 Å². The maximum Gasteiger partial charge on any atom is 0.233 e. The summed E-state index contributed by atoms with van der Waals surface area (Å²) in [6.07, 6.45) is -6.11. The Bertz CT molecular complexity index is 1320.